The summed E-state index contributed by atoms with van der Waals surface area (Å²) in [6, 6.07) is 9.90. The van der Waals surface area contributed by atoms with E-state index in [-0.39, 0.29) is 6.04 Å². The summed E-state index contributed by atoms with van der Waals surface area (Å²) in [5.74, 6) is 2.30. The number of hydrogen-bond donors (Lipinski definition) is 0. The molecule has 2 heterocycles. The number of aromatic nitrogens is 1. The molecule has 1 atom stereocenters. The minimum absolute atomic E-state index is 0.0434. The van der Waals surface area contributed by atoms with Gasteiger partial charge in [-0.1, -0.05) is 6.07 Å². The zero-order chi connectivity index (χ0) is 18.4. The maximum atomic E-state index is 5.83. The van der Waals surface area contributed by atoms with Gasteiger partial charge in [0.1, 0.15) is 5.75 Å². The number of ether oxygens (including phenoxy) is 4. The first-order valence-corrected chi connectivity index (χ1v) is 8.79. The molecule has 1 aromatic carbocycles. The van der Waals surface area contributed by atoms with E-state index < -0.39 is 0 Å². The minimum atomic E-state index is 0.0434. The summed E-state index contributed by atoms with van der Waals surface area (Å²) >= 11 is 0. The average molecular weight is 358 g/mol. The van der Waals surface area contributed by atoms with Crippen molar-refractivity contribution in [3.05, 3.63) is 47.8 Å². The molecule has 1 aliphatic rings. The van der Waals surface area contributed by atoms with Crippen LogP contribution in [0.1, 0.15) is 23.7 Å². The van der Waals surface area contributed by atoms with Crippen molar-refractivity contribution in [2.45, 2.75) is 19.0 Å². The second kappa shape index (κ2) is 8.87. The number of fused-ring (bicyclic) bond motifs is 1. The average Bonchev–Trinajstić information content (AvgIpc) is 2.90. The Bertz CT molecular complexity index is 708. The summed E-state index contributed by atoms with van der Waals surface area (Å²) in [6.07, 6.45) is 2.68. The van der Waals surface area contributed by atoms with Gasteiger partial charge in [-0.2, -0.15) is 0 Å². The van der Waals surface area contributed by atoms with E-state index >= 15 is 0 Å². The zero-order valence-corrected chi connectivity index (χ0v) is 15.6. The summed E-state index contributed by atoms with van der Waals surface area (Å²) in [5.41, 5.74) is 2.02. The largest absolute Gasteiger partial charge is 0.496 e. The molecule has 0 aliphatic carbocycles. The Morgan fingerprint density at radius 3 is 2.58 bits per heavy atom. The molecule has 0 N–H and O–H groups in total. The SMILES string of the molecule is COCC(c1ccccn1)N(C)Cc1cc2c(cc1OC)OCCCO2. The highest BCUT2D eigenvalue weighted by atomic mass is 16.5. The van der Waals surface area contributed by atoms with Crippen LogP contribution in [0.4, 0.5) is 0 Å². The van der Waals surface area contributed by atoms with E-state index in [2.05, 4.69) is 16.9 Å². The molecular weight excluding hydrogens is 332 g/mol. The number of benzene rings is 1. The molecule has 0 fully saturated rings. The summed E-state index contributed by atoms with van der Waals surface area (Å²) in [4.78, 5) is 6.69. The van der Waals surface area contributed by atoms with Crippen molar-refractivity contribution in [2.75, 3.05) is 41.1 Å². The lowest BCUT2D eigenvalue weighted by atomic mass is 10.1. The molecule has 2 aromatic rings. The van der Waals surface area contributed by atoms with E-state index in [0.29, 0.717) is 26.4 Å². The molecule has 1 unspecified atom stereocenters. The van der Waals surface area contributed by atoms with Crippen LogP contribution in [0, 0.1) is 0 Å². The van der Waals surface area contributed by atoms with Crippen molar-refractivity contribution in [2.24, 2.45) is 0 Å². The fraction of sp³-hybridized carbons (Fsp3) is 0.450. The Hall–Kier alpha value is -2.31. The number of hydrogen-bond acceptors (Lipinski definition) is 6. The maximum Gasteiger partial charge on any atom is 0.164 e. The summed E-state index contributed by atoms with van der Waals surface area (Å²) in [7, 11) is 5.44. The molecule has 1 aromatic heterocycles. The van der Waals surface area contributed by atoms with Gasteiger partial charge in [-0.15, -0.1) is 0 Å². The van der Waals surface area contributed by atoms with Gasteiger partial charge in [0.05, 0.1) is 38.7 Å². The summed E-state index contributed by atoms with van der Waals surface area (Å²) in [5, 5.41) is 0. The van der Waals surface area contributed by atoms with Crippen LogP contribution in [0.15, 0.2) is 36.5 Å². The summed E-state index contributed by atoms with van der Waals surface area (Å²) in [6.45, 7) is 2.55. The first-order valence-electron chi connectivity index (χ1n) is 8.79. The molecular formula is C20H26N2O4. The van der Waals surface area contributed by atoms with Crippen molar-refractivity contribution in [1.82, 2.24) is 9.88 Å². The van der Waals surface area contributed by atoms with Gasteiger partial charge in [0, 0.05) is 37.9 Å². The highest BCUT2D eigenvalue weighted by Crippen LogP contribution is 2.37. The Kier molecular flexibility index (Phi) is 6.30. The number of pyridine rings is 1. The van der Waals surface area contributed by atoms with Gasteiger partial charge < -0.3 is 18.9 Å². The van der Waals surface area contributed by atoms with Crippen LogP contribution >= 0.6 is 0 Å². The van der Waals surface area contributed by atoms with Crippen LogP contribution < -0.4 is 14.2 Å². The van der Waals surface area contributed by atoms with Gasteiger partial charge >= 0.3 is 0 Å². The third-order valence-corrected chi connectivity index (χ3v) is 4.46. The normalized spacial score (nSPS) is 14.8. The van der Waals surface area contributed by atoms with E-state index in [1.54, 1.807) is 20.4 Å². The monoisotopic (exact) mass is 358 g/mol. The molecule has 6 nitrogen and oxygen atoms in total. The predicted molar refractivity (Wildman–Crippen MR) is 98.9 cm³/mol. The van der Waals surface area contributed by atoms with Gasteiger partial charge in [0.25, 0.3) is 0 Å². The zero-order valence-electron chi connectivity index (χ0n) is 15.6. The predicted octanol–water partition coefficient (Wildman–Crippen LogP) is 3.07. The van der Waals surface area contributed by atoms with Gasteiger partial charge in [-0.3, -0.25) is 9.88 Å². The quantitative estimate of drug-likeness (QED) is 0.758. The molecule has 26 heavy (non-hydrogen) atoms. The first-order chi connectivity index (χ1) is 12.7. The molecule has 0 saturated carbocycles. The molecule has 3 rings (SSSR count). The third-order valence-electron chi connectivity index (χ3n) is 4.46. The molecule has 0 amide bonds. The molecule has 0 bridgehead atoms. The fourth-order valence-corrected chi connectivity index (χ4v) is 3.09. The van der Waals surface area contributed by atoms with E-state index in [4.69, 9.17) is 18.9 Å². The second-order valence-electron chi connectivity index (χ2n) is 6.30. The number of rotatable bonds is 7. The number of methoxy groups -OCH3 is 2. The molecule has 6 heteroatoms. The standard InChI is InChI=1S/C20H26N2O4/c1-22(17(14-23-2)16-7-4-5-8-21-16)13-15-11-19-20(12-18(15)24-3)26-10-6-9-25-19/h4-5,7-8,11-12,17H,6,9-10,13-14H2,1-3H3. The van der Waals surface area contributed by atoms with Crippen molar-refractivity contribution < 1.29 is 18.9 Å². The van der Waals surface area contributed by atoms with Crippen molar-refractivity contribution in [1.29, 1.82) is 0 Å². The Balaban J connectivity index is 1.85. The van der Waals surface area contributed by atoms with Gasteiger partial charge in [-0.25, -0.2) is 0 Å². The Labute approximate surface area is 154 Å². The van der Waals surface area contributed by atoms with Crippen LogP contribution in [-0.2, 0) is 11.3 Å². The maximum absolute atomic E-state index is 5.83. The number of nitrogens with zero attached hydrogens (tertiary/aromatic N) is 2. The molecule has 0 saturated heterocycles. The lowest BCUT2D eigenvalue weighted by Crippen LogP contribution is -2.28. The number of likely N-dealkylation sites (N-methyl/N-ethyl adjacent to an activating group) is 1. The van der Waals surface area contributed by atoms with E-state index in [9.17, 15) is 0 Å². The van der Waals surface area contributed by atoms with Gasteiger partial charge in [0.2, 0.25) is 0 Å². The minimum Gasteiger partial charge on any atom is -0.496 e. The summed E-state index contributed by atoms with van der Waals surface area (Å²) < 4.78 is 22.6. The van der Waals surface area contributed by atoms with E-state index in [1.165, 1.54) is 0 Å². The molecule has 0 radical (unpaired) electrons. The smallest absolute Gasteiger partial charge is 0.164 e. The second-order valence-corrected chi connectivity index (χ2v) is 6.30. The van der Waals surface area contributed by atoms with E-state index in [1.807, 2.05) is 30.3 Å². The Morgan fingerprint density at radius 1 is 1.15 bits per heavy atom. The topological polar surface area (TPSA) is 53.1 Å². The van der Waals surface area contributed by atoms with Crippen LogP contribution in [0.25, 0.3) is 0 Å². The molecule has 140 valence electrons. The third kappa shape index (κ3) is 4.26. The van der Waals surface area contributed by atoms with Crippen molar-refractivity contribution in [3.8, 4) is 17.2 Å². The first kappa shape index (κ1) is 18.5. The molecule has 1 aliphatic heterocycles. The lowest BCUT2D eigenvalue weighted by molar-refractivity contribution is 0.0994. The van der Waals surface area contributed by atoms with E-state index in [0.717, 1.165) is 34.9 Å². The highest BCUT2D eigenvalue weighted by Gasteiger charge is 2.22. The van der Waals surface area contributed by atoms with Crippen LogP contribution in [0.2, 0.25) is 0 Å². The van der Waals surface area contributed by atoms with Gasteiger partial charge in [-0.05, 0) is 25.2 Å². The fourth-order valence-electron chi connectivity index (χ4n) is 3.09. The highest BCUT2D eigenvalue weighted by molar-refractivity contribution is 5.51. The van der Waals surface area contributed by atoms with Crippen LogP contribution in [0.3, 0.4) is 0 Å². The van der Waals surface area contributed by atoms with Crippen molar-refractivity contribution in [3.63, 3.8) is 0 Å². The van der Waals surface area contributed by atoms with Gasteiger partial charge in [0.15, 0.2) is 11.5 Å². The molecule has 0 spiro atoms. The lowest BCUT2D eigenvalue weighted by Gasteiger charge is -2.28. The Morgan fingerprint density at radius 2 is 1.92 bits per heavy atom. The van der Waals surface area contributed by atoms with Crippen LogP contribution in [-0.4, -0.2) is 51.0 Å². The van der Waals surface area contributed by atoms with Crippen LogP contribution in [0.5, 0.6) is 17.2 Å². The van der Waals surface area contributed by atoms with Crippen molar-refractivity contribution >= 4 is 0 Å².